The lowest BCUT2D eigenvalue weighted by Crippen LogP contribution is -2.46. The molecule has 200 valence electrons. The molecule has 1 aliphatic rings. The SMILES string of the molecule is O=C(NC1CCN(C(COc2ccc(F)c(F)c2)c2ccccc2)CC1)c1cnc(-c2cccc(F)c2)nc1. The number of benzene rings is 3. The van der Waals surface area contributed by atoms with Gasteiger partial charge in [-0.15, -0.1) is 0 Å². The summed E-state index contributed by atoms with van der Waals surface area (Å²) in [6.07, 6.45) is 4.34. The molecule has 1 unspecified atom stereocenters. The van der Waals surface area contributed by atoms with Crippen molar-refractivity contribution in [2.24, 2.45) is 0 Å². The van der Waals surface area contributed by atoms with Crippen LogP contribution in [0.15, 0.2) is 85.2 Å². The number of hydrogen-bond donors (Lipinski definition) is 1. The van der Waals surface area contributed by atoms with Gasteiger partial charge < -0.3 is 10.1 Å². The number of carbonyl (C=O) groups is 1. The molecule has 3 aromatic carbocycles. The summed E-state index contributed by atoms with van der Waals surface area (Å²) in [7, 11) is 0. The third kappa shape index (κ3) is 6.61. The fraction of sp³-hybridized carbons (Fsp3) is 0.233. The van der Waals surface area contributed by atoms with Gasteiger partial charge in [-0.1, -0.05) is 42.5 Å². The van der Waals surface area contributed by atoms with Crippen molar-refractivity contribution in [1.82, 2.24) is 20.2 Å². The van der Waals surface area contributed by atoms with Crippen LogP contribution in [0.3, 0.4) is 0 Å². The van der Waals surface area contributed by atoms with E-state index in [1.165, 1.54) is 30.6 Å². The van der Waals surface area contributed by atoms with Crippen molar-refractivity contribution in [2.75, 3.05) is 19.7 Å². The smallest absolute Gasteiger partial charge is 0.254 e. The van der Waals surface area contributed by atoms with Crippen LogP contribution in [0.1, 0.15) is 34.8 Å². The third-order valence-corrected chi connectivity index (χ3v) is 6.79. The molecular weight excluding hydrogens is 505 g/mol. The van der Waals surface area contributed by atoms with Crippen molar-refractivity contribution >= 4 is 5.91 Å². The van der Waals surface area contributed by atoms with Gasteiger partial charge in [-0.25, -0.2) is 23.1 Å². The highest BCUT2D eigenvalue weighted by atomic mass is 19.2. The largest absolute Gasteiger partial charge is 0.491 e. The second-order valence-corrected chi connectivity index (χ2v) is 9.40. The minimum atomic E-state index is -0.950. The molecule has 0 spiro atoms. The Morgan fingerprint density at radius 3 is 2.36 bits per heavy atom. The highest BCUT2D eigenvalue weighted by Gasteiger charge is 2.28. The van der Waals surface area contributed by atoms with Gasteiger partial charge in [0.05, 0.1) is 11.6 Å². The molecule has 1 amide bonds. The van der Waals surface area contributed by atoms with E-state index >= 15 is 0 Å². The topological polar surface area (TPSA) is 67.4 Å². The first-order valence-electron chi connectivity index (χ1n) is 12.7. The maximum absolute atomic E-state index is 13.6. The summed E-state index contributed by atoms with van der Waals surface area (Å²) in [6.45, 7) is 1.68. The van der Waals surface area contributed by atoms with Gasteiger partial charge in [0.25, 0.3) is 5.91 Å². The van der Waals surface area contributed by atoms with Gasteiger partial charge in [0.1, 0.15) is 18.2 Å². The monoisotopic (exact) mass is 532 g/mol. The average molecular weight is 533 g/mol. The Kier molecular flexibility index (Phi) is 8.17. The van der Waals surface area contributed by atoms with E-state index in [4.69, 9.17) is 4.74 Å². The number of halogens is 3. The van der Waals surface area contributed by atoms with E-state index in [1.807, 2.05) is 30.3 Å². The number of rotatable bonds is 8. The highest BCUT2D eigenvalue weighted by Crippen LogP contribution is 2.27. The molecule has 0 bridgehead atoms. The molecule has 1 N–H and O–H groups in total. The van der Waals surface area contributed by atoms with E-state index in [0.29, 0.717) is 30.0 Å². The summed E-state index contributed by atoms with van der Waals surface area (Å²) >= 11 is 0. The zero-order chi connectivity index (χ0) is 27.2. The van der Waals surface area contributed by atoms with Gasteiger partial charge in [-0.3, -0.25) is 9.69 Å². The van der Waals surface area contributed by atoms with Crippen molar-refractivity contribution in [1.29, 1.82) is 0 Å². The normalized spacial score (nSPS) is 15.1. The Balaban J connectivity index is 1.19. The van der Waals surface area contributed by atoms with E-state index in [1.54, 1.807) is 12.1 Å². The second-order valence-electron chi connectivity index (χ2n) is 9.40. The number of carbonyl (C=O) groups excluding carboxylic acids is 1. The molecule has 4 aromatic rings. The number of piperidine rings is 1. The van der Waals surface area contributed by atoms with Crippen LogP contribution in [-0.2, 0) is 0 Å². The van der Waals surface area contributed by atoms with Gasteiger partial charge in [0.2, 0.25) is 0 Å². The molecule has 1 aromatic heterocycles. The van der Waals surface area contributed by atoms with E-state index in [-0.39, 0.29) is 36.2 Å². The van der Waals surface area contributed by atoms with Gasteiger partial charge in [0.15, 0.2) is 17.5 Å². The molecule has 0 saturated carbocycles. The number of hydrogen-bond acceptors (Lipinski definition) is 5. The Hall–Kier alpha value is -4.24. The van der Waals surface area contributed by atoms with Crippen LogP contribution in [0.25, 0.3) is 11.4 Å². The van der Waals surface area contributed by atoms with Gasteiger partial charge >= 0.3 is 0 Å². The maximum Gasteiger partial charge on any atom is 0.254 e. The molecule has 1 saturated heterocycles. The number of aromatic nitrogens is 2. The molecular formula is C30H27F3N4O2. The fourth-order valence-corrected chi connectivity index (χ4v) is 4.68. The van der Waals surface area contributed by atoms with Crippen LogP contribution in [0.2, 0.25) is 0 Å². The third-order valence-electron chi connectivity index (χ3n) is 6.79. The van der Waals surface area contributed by atoms with Crippen LogP contribution < -0.4 is 10.1 Å². The van der Waals surface area contributed by atoms with Crippen LogP contribution >= 0.6 is 0 Å². The zero-order valence-corrected chi connectivity index (χ0v) is 21.1. The predicted molar refractivity (Wildman–Crippen MR) is 141 cm³/mol. The predicted octanol–water partition coefficient (Wildman–Crippen LogP) is 5.58. The summed E-state index contributed by atoms with van der Waals surface area (Å²) in [4.78, 5) is 23.5. The fourth-order valence-electron chi connectivity index (χ4n) is 4.68. The van der Waals surface area contributed by atoms with Gasteiger partial charge in [-0.05, 0) is 42.7 Å². The Morgan fingerprint density at radius 2 is 1.67 bits per heavy atom. The summed E-state index contributed by atoms with van der Waals surface area (Å²) in [6, 6.07) is 19.2. The van der Waals surface area contributed by atoms with Crippen molar-refractivity contribution in [2.45, 2.75) is 24.9 Å². The lowest BCUT2D eigenvalue weighted by atomic mass is 9.99. The number of ether oxygens (including phenoxy) is 1. The molecule has 0 radical (unpaired) electrons. The first-order valence-corrected chi connectivity index (χ1v) is 12.7. The van der Waals surface area contributed by atoms with Crippen molar-refractivity contribution in [3.63, 3.8) is 0 Å². The molecule has 2 heterocycles. The quantitative estimate of drug-likeness (QED) is 0.321. The number of nitrogens with one attached hydrogen (secondary N) is 1. The number of amides is 1. The van der Waals surface area contributed by atoms with Gasteiger partial charge in [0, 0.05) is 43.2 Å². The van der Waals surface area contributed by atoms with Crippen LogP contribution in [0.4, 0.5) is 13.2 Å². The molecule has 1 aliphatic heterocycles. The van der Waals surface area contributed by atoms with Crippen LogP contribution in [0, 0.1) is 17.5 Å². The summed E-state index contributed by atoms with van der Waals surface area (Å²) < 4.78 is 46.3. The Bertz CT molecular complexity index is 1410. The zero-order valence-electron chi connectivity index (χ0n) is 21.1. The first kappa shape index (κ1) is 26.4. The lowest BCUT2D eigenvalue weighted by molar-refractivity contribution is 0.0836. The standard InChI is InChI=1S/C30H27F3N4O2/c31-23-8-4-7-21(15-23)29-34-17-22(18-35-29)30(38)36-24-11-13-37(14-12-24)28(20-5-2-1-3-6-20)19-39-25-9-10-26(32)27(33)16-25/h1-10,15-18,24,28H,11-14,19H2,(H,36,38). The summed E-state index contributed by atoms with van der Waals surface area (Å²) in [5, 5.41) is 3.06. The summed E-state index contributed by atoms with van der Waals surface area (Å²) in [5.74, 6) is -1.90. The maximum atomic E-state index is 13.6. The number of likely N-dealkylation sites (tertiary alicyclic amines) is 1. The van der Waals surface area contributed by atoms with Crippen LogP contribution in [0.5, 0.6) is 5.75 Å². The first-order chi connectivity index (χ1) is 19.0. The second kappa shape index (κ2) is 12.1. The molecule has 6 nitrogen and oxygen atoms in total. The van der Waals surface area contributed by atoms with Crippen molar-refractivity contribution in [3.05, 3.63) is 114 Å². The molecule has 9 heteroatoms. The van der Waals surface area contributed by atoms with Gasteiger partial charge in [-0.2, -0.15) is 0 Å². The molecule has 1 atom stereocenters. The van der Waals surface area contributed by atoms with Crippen LogP contribution in [-0.4, -0.2) is 46.5 Å². The molecule has 0 aliphatic carbocycles. The lowest BCUT2D eigenvalue weighted by Gasteiger charge is -2.38. The van der Waals surface area contributed by atoms with E-state index in [2.05, 4.69) is 20.2 Å². The van der Waals surface area contributed by atoms with Crippen molar-refractivity contribution < 1.29 is 22.7 Å². The Labute approximate surface area is 224 Å². The molecule has 39 heavy (non-hydrogen) atoms. The minimum absolute atomic E-state index is 0.0276. The highest BCUT2D eigenvalue weighted by molar-refractivity contribution is 5.93. The number of nitrogens with zero attached hydrogens (tertiary/aromatic N) is 3. The van der Waals surface area contributed by atoms with E-state index < -0.39 is 11.6 Å². The van der Waals surface area contributed by atoms with E-state index in [9.17, 15) is 18.0 Å². The molecule has 5 rings (SSSR count). The minimum Gasteiger partial charge on any atom is -0.491 e. The Morgan fingerprint density at radius 1 is 0.923 bits per heavy atom. The summed E-state index contributed by atoms with van der Waals surface area (Å²) in [5.41, 5.74) is 1.92. The van der Waals surface area contributed by atoms with E-state index in [0.717, 1.165) is 30.5 Å². The molecule has 1 fully saturated rings. The average Bonchev–Trinajstić information content (AvgIpc) is 2.96. The van der Waals surface area contributed by atoms with Crippen molar-refractivity contribution in [3.8, 4) is 17.1 Å².